The molecule has 0 radical (unpaired) electrons. The van der Waals surface area contributed by atoms with Crippen molar-refractivity contribution in [3.63, 3.8) is 0 Å². The van der Waals surface area contributed by atoms with Gasteiger partial charge in [-0.25, -0.2) is 4.98 Å². The molecule has 2 aromatic heterocycles. The zero-order valence-electron chi connectivity index (χ0n) is 18.7. The molecular weight excluding hydrogens is 456 g/mol. The number of fused-ring (bicyclic) bond motifs is 2. The highest BCUT2D eigenvalue weighted by Gasteiger charge is 2.26. The van der Waals surface area contributed by atoms with Crippen molar-refractivity contribution in [3.05, 3.63) is 52.9 Å². The third-order valence-electron chi connectivity index (χ3n) is 5.51. The summed E-state index contributed by atoms with van der Waals surface area (Å²) in [6.45, 7) is 5.34. The van der Waals surface area contributed by atoms with Crippen LogP contribution in [0.5, 0.6) is 0 Å². The summed E-state index contributed by atoms with van der Waals surface area (Å²) < 4.78 is 7.10. The second-order valence-electron chi connectivity index (χ2n) is 7.78. The predicted molar refractivity (Wildman–Crippen MR) is 134 cm³/mol. The number of benzene rings is 1. The number of aryl methyl sites for hydroxylation is 1. The van der Waals surface area contributed by atoms with E-state index in [9.17, 15) is 9.59 Å². The van der Waals surface area contributed by atoms with Crippen molar-refractivity contribution in [1.82, 2.24) is 14.9 Å². The van der Waals surface area contributed by atoms with E-state index in [-0.39, 0.29) is 17.6 Å². The lowest BCUT2D eigenvalue weighted by Gasteiger charge is -2.13. The van der Waals surface area contributed by atoms with Gasteiger partial charge in [0.1, 0.15) is 5.00 Å². The molecular formula is C24H28N4O3S2. The van der Waals surface area contributed by atoms with Crippen molar-refractivity contribution in [3.8, 4) is 0 Å². The largest absolute Gasteiger partial charge is 0.383 e. The van der Waals surface area contributed by atoms with E-state index in [2.05, 4.69) is 26.8 Å². The van der Waals surface area contributed by atoms with E-state index < -0.39 is 0 Å². The Balaban J connectivity index is 1.49. The Labute approximate surface area is 201 Å². The Kier molecular flexibility index (Phi) is 7.85. The van der Waals surface area contributed by atoms with Gasteiger partial charge in [-0.1, -0.05) is 30.0 Å². The Morgan fingerprint density at radius 2 is 2.12 bits per heavy atom. The number of anilines is 1. The number of methoxy groups -OCH3 is 1. The Hall–Kier alpha value is -2.62. The fourth-order valence-corrected chi connectivity index (χ4v) is 6.14. The zero-order chi connectivity index (χ0) is 23.2. The Bertz CT molecular complexity index is 1170. The molecule has 7 nitrogen and oxygen atoms in total. The van der Waals surface area contributed by atoms with E-state index in [0.29, 0.717) is 30.3 Å². The summed E-state index contributed by atoms with van der Waals surface area (Å²) in [5, 5.41) is 7.32. The standard InChI is InChI=1S/C24H28N4O3S2/c1-3-13-28-18-10-6-5-9-17(18)26-24(28)32-15-20(29)27-23-21(22(30)25-12-14-31-2)16-8-4-7-11-19(16)33-23/h3,5-6,9-10H,1,4,7-8,11-15H2,2H3,(H,25,30)(H,27,29). The molecule has 0 bridgehead atoms. The quantitative estimate of drug-likeness (QED) is 0.255. The molecule has 2 N–H and O–H groups in total. The van der Waals surface area contributed by atoms with E-state index in [0.717, 1.165) is 47.4 Å². The van der Waals surface area contributed by atoms with E-state index >= 15 is 0 Å². The number of hydrogen-bond donors (Lipinski definition) is 2. The average Bonchev–Trinajstić information content (AvgIpc) is 3.36. The number of imidazole rings is 1. The minimum absolute atomic E-state index is 0.151. The number of allylic oxidation sites excluding steroid dienone is 1. The lowest BCUT2D eigenvalue weighted by atomic mass is 9.95. The second kappa shape index (κ2) is 11.0. The van der Waals surface area contributed by atoms with Crippen molar-refractivity contribution < 1.29 is 14.3 Å². The Morgan fingerprint density at radius 1 is 1.30 bits per heavy atom. The van der Waals surface area contributed by atoms with Crippen LogP contribution in [0, 0.1) is 0 Å². The van der Waals surface area contributed by atoms with E-state index in [1.165, 1.54) is 28.0 Å². The molecule has 0 aliphatic heterocycles. The van der Waals surface area contributed by atoms with Gasteiger partial charge < -0.3 is 19.9 Å². The highest BCUT2D eigenvalue weighted by Crippen LogP contribution is 2.38. The molecule has 2 heterocycles. The molecule has 1 aliphatic rings. The topological polar surface area (TPSA) is 85.2 Å². The molecule has 4 rings (SSSR count). The van der Waals surface area contributed by atoms with Gasteiger partial charge in [0.15, 0.2) is 5.16 Å². The number of thiophene rings is 1. The van der Waals surface area contributed by atoms with E-state index in [1.54, 1.807) is 7.11 Å². The molecule has 33 heavy (non-hydrogen) atoms. The number of thioether (sulfide) groups is 1. The lowest BCUT2D eigenvalue weighted by Crippen LogP contribution is -2.29. The SMILES string of the molecule is C=CCn1c(SCC(=O)Nc2sc3c(c2C(=O)NCCOC)CCCC3)nc2ccccc21. The molecule has 0 spiro atoms. The fourth-order valence-electron chi connectivity index (χ4n) is 4.01. The van der Waals surface area contributed by atoms with Crippen molar-refractivity contribution in [2.45, 2.75) is 37.4 Å². The molecule has 0 saturated heterocycles. The normalized spacial score (nSPS) is 13.0. The first-order valence-electron chi connectivity index (χ1n) is 11.0. The van der Waals surface area contributed by atoms with Gasteiger partial charge in [-0.15, -0.1) is 17.9 Å². The summed E-state index contributed by atoms with van der Waals surface area (Å²) in [6.07, 6.45) is 5.82. The molecule has 0 fully saturated rings. The van der Waals surface area contributed by atoms with Gasteiger partial charge in [0.05, 0.1) is 29.0 Å². The number of hydrogen-bond acceptors (Lipinski definition) is 6. The van der Waals surface area contributed by atoms with Gasteiger partial charge in [-0.2, -0.15) is 0 Å². The molecule has 1 aromatic carbocycles. The van der Waals surface area contributed by atoms with Crippen LogP contribution >= 0.6 is 23.1 Å². The van der Waals surface area contributed by atoms with Crippen molar-refractivity contribution in [1.29, 1.82) is 0 Å². The van der Waals surface area contributed by atoms with E-state index in [4.69, 9.17) is 4.74 Å². The van der Waals surface area contributed by atoms with Gasteiger partial charge >= 0.3 is 0 Å². The first kappa shape index (κ1) is 23.5. The number of carbonyl (C=O) groups excluding carboxylic acids is 2. The maximum Gasteiger partial charge on any atom is 0.254 e. The van der Waals surface area contributed by atoms with Gasteiger partial charge in [0.2, 0.25) is 5.91 Å². The summed E-state index contributed by atoms with van der Waals surface area (Å²) in [4.78, 5) is 31.7. The van der Waals surface area contributed by atoms with Crippen LogP contribution in [0.15, 0.2) is 42.1 Å². The maximum atomic E-state index is 12.9. The molecule has 0 atom stereocenters. The second-order valence-corrected chi connectivity index (χ2v) is 9.83. The van der Waals surface area contributed by atoms with Crippen molar-refractivity contribution >= 4 is 50.9 Å². The number of rotatable bonds is 10. The monoisotopic (exact) mass is 484 g/mol. The smallest absolute Gasteiger partial charge is 0.254 e. The molecule has 0 unspecified atom stereocenters. The van der Waals surface area contributed by atoms with Crippen LogP contribution in [-0.4, -0.2) is 47.4 Å². The number of carbonyl (C=O) groups is 2. The summed E-state index contributed by atoms with van der Waals surface area (Å²) >= 11 is 2.91. The first-order chi connectivity index (χ1) is 16.1. The van der Waals surface area contributed by atoms with E-state index in [1.807, 2.05) is 30.3 Å². The van der Waals surface area contributed by atoms with Crippen LogP contribution in [0.1, 0.15) is 33.6 Å². The number of aromatic nitrogens is 2. The zero-order valence-corrected chi connectivity index (χ0v) is 20.3. The average molecular weight is 485 g/mol. The molecule has 9 heteroatoms. The van der Waals surface area contributed by atoms with Crippen molar-refractivity contribution in [2.24, 2.45) is 0 Å². The van der Waals surface area contributed by atoms with Gasteiger partial charge in [-0.05, 0) is 43.4 Å². The van der Waals surface area contributed by atoms with Crippen LogP contribution in [-0.2, 0) is 28.9 Å². The van der Waals surface area contributed by atoms with Gasteiger partial charge in [0.25, 0.3) is 5.91 Å². The maximum absolute atomic E-state index is 12.9. The van der Waals surface area contributed by atoms with Crippen LogP contribution in [0.25, 0.3) is 11.0 Å². The van der Waals surface area contributed by atoms with Crippen LogP contribution in [0.2, 0.25) is 0 Å². The lowest BCUT2D eigenvalue weighted by molar-refractivity contribution is -0.113. The highest BCUT2D eigenvalue weighted by atomic mass is 32.2. The predicted octanol–water partition coefficient (Wildman–Crippen LogP) is 4.27. The molecule has 2 amide bonds. The fraction of sp³-hybridized carbons (Fsp3) is 0.375. The van der Waals surface area contributed by atoms with Crippen molar-refractivity contribution in [2.75, 3.05) is 31.3 Å². The number of amides is 2. The summed E-state index contributed by atoms with van der Waals surface area (Å²) in [6, 6.07) is 7.90. The number of para-hydroxylation sites is 2. The number of nitrogens with one attached hydrogen (secondary N) is 2. The molecule has 1 aliphatic carbocycles. The number of ether oxygens (including phenoxy) is 1. The third kappa shape index (κ3) is 5.31. The molecule has 3 aromatic rings. The summed E-state index contributed by atoms with van der Waals surface area (Å²) in [5.74, 6) is -0.0998. The minimum Gasteiger partial charge on any atom is -0.383 e. The minimum atomic E-state index is -0.151. The summed E-state index contributed by atoms with van der Waals surface area (Å²) in [5.41, 5.74) is 3.60. The number of nitrogens with zero attached hydrogens (tertiary/aromatic N) is 2. The van der Waals surface area contributed by atoms with Crippen LogP contribution in [0.4, 0.5) is 5.00 Å². The molecule has 174 valence electrons. The first-order valence-corrected chi connectivity index (χ1v) is 12.8. The van der Waals surface area contributed by atoms with Gasteiger partial charge in [-0.3, -0.25) is 9.59 Å². The van der Waals surface area contributed by atoms with Gasteiger partial charge in [0, 0.05) is 25.1 Å². The Morgan fingerprint density at radius 3 is 2.94 bits per heavy atom. The highest BCUT2D eigenvalue weighted by molar-refractivity contribution is 7.99. The molecule has 0 saturated carbocycles. The summed E-state index contributed by atoms with van der Waals surface area (Å²) in [7, 11) is 1.60. The van der Waals surface area contributed by atoms with Crippen LogP contribution < -0.4 is 10.6 Å². The third-order valence-corrected chi connectivity index (χ3v) is 7.69. The van der Waals surface area contributed by atoms with Crippen LogP contribution in [0.3, 0.4) is 0 Å².